The number of nitrogens with zero attached hydrogens (tertiary/aromatic N) is 2. The van der Waals surface area contributed by atoms with E-state index < -0.39 is 0 Å². The molecule has 0 aliphatic rings. The Morgan fingerprint density at radius 3 is 2.89 bits per heavy atom. The summed E-state index contributed by atoms with van der Waals surface area (Å²) in [6.07, 6.45) is 3.97. The summed E-state index contributed by atoms with van der Waals surface area (Å²) in [5.74, 6) is 0.913. The van der Waals surface area contributed by atoms with Crippen LogP contribution in [0.1, 0.15) is 28.7 Å². The third-order valence-corrected chi connectivity index (χ3v) is 3.81. The molecule has 1 heterocycles. The molecule has 0 spiro atoms. The third-order valence-electron chi connectivity index (χ3n) is 2.95. The van der Waals surface area contributed by atoms with Gasteiger partial charge >= 0.3 is 0 Å². The summed E-state index contributed by atoms with van der Waals surface area (Å²) >= 11 is 3.45. The molecule has 1 aromatic heterocycles. The molecule has 0 radical (unpaired) electrons. The highest BCUT2D eigenvalue weighted by atomic mass is 79.9. The van der Waals surface area contributed by atoms with E-state index in [1.54, 1.807) is 6.20 Å². The number of Topliss-reactive ketones (excluding diaryl/α,β-unsaturated/α-hetero) is 1. The van der Waals surface area contributed by atoms with Crippen LogP contribution in [-0.4, -0.2) is 15.3 Å². The highest BCUT2D eigenvalue weighted by molar-refractivity contribution is 9.10. The lowest BCUT2D eigenvalue weighted by Gasteiger charge is -2.05. The summed E-state index contributed by atoms with van der Waals surface area (Å²) in [7, 11) is 0. The van der Waals surface area contributed by atoms with Crippen LogP contribution in [0.3, 0.4) is 0 Å². The maximum atomic E-state index is 12.2. The van der Waals surface area contributed by atoms with Gasteiger partial charge in [0.2, 0.25) is 0 Å². The van der Waals surface area contributed by atoms with Crippen LogP contribution < -0.4 is 0 Å². The van der Waals surface area contributed by atoms with Crippen molar-refractivity contribution in [3.05, 3.63) is 52.0 Å². The van der Waals surface area contributed by atoms with Crippen molar-refractivity contribution in [2.75, 3.05) is 0 Å². The maximum Gasteiger partial charge on any atom is 0.170 e. The van der Waals surface area contributed by atoms with Gasteiger partial charge in [0.05, 0.1) is 6.42 Å². The number of aromatic nitrogens is 2. The van der Waals surface area contributed by atoms with Crippen LogP contribution >= 0.6 is 15.9 Å². The van der Waals surface area contributed by atoms with E-state index in [0.29, 0.717) is 6.42 Å². The summed E-state index contributed by atoms with van der Waals surface area (Å²) in [4.78, 5) is 16.4. The van der Waals surface area contributed by atoms with Crippen LogP contribution in [0.4, 0.5) is 0 Å². The Hall–Kier alpha value is -1.42. The predicted molar refractivity (Wildman–Crippen MR) is 74.8 cm³/mol. The van der Waals surface area contributed by atoms with Gasteiger partial charge in [-0.25, -0.2) is 4.98 Å². The molecule has 0 aliphatic carbocycles. The molecule has 3 nitrogen and oxygen atoms in total. The molecule has 4 heteroatoms. The van der Waals surface area contributed by atoms with Crippen molar-refractivity contribution >= 4 is 21.7 Å². The van der Waals surface area contributed by atoms with Crippen LogP contribution in [0.2, 0.25) is 0 Å². The van der Waals surface area contributed by atoms with E-state index in [2.05, 4.69) is 20.9 Å². The molecule has 0 saturated heterocycles. The predicted octanol–water partition coefficient (Wildman–Crippen LogP) is 3.40. The number of rotatable bonds is 4. The van der Waals surface area contributed by atoms with E-state index in [1.165, 1.54) is 0 Å². The minimum absolute atomic E-state index is 0.0941. The van der Waals surface area contributed by atoms with Crippen LogP contribution in [0, 0.1) is 6.92 Å². The van der Waals surface area contributed by atoms with Gasteiger partial charge in [-0.15, -0.1) is 0 Å². The lowest BCUT2D eigenvalue weighted by molar-refractivity contribution is 0.0989. The molecular formula is C14H15BrN2O. The van der Waals surface area contributed by atoms with Gasteiger partial charge in [0.1, 0.15) is 5.82 Å². The second-order valence-electron chi connectivity index (χ2n) is 4.19. The Labute approximate surface area is 115 Å². The van der Waals surface area contributed by atoms with Crippen LogP contribution in [0.15, 0.2) is 35.1 Å². The van der Waals surface area contributed by atoms with E-state index in [0.717, 1.165) is 28.0 Å². The molecule has 0 bridgehead atoms. The molecule has 2 rings (SSSR count). The molecule has 0 amide bonds. The monoisotopic (exact) mass is 306 g/mol. The number of carbonyl (C=O) groups excluding carboxylic acids is 1. The van der Waals surface area contributed by atoms with E-state index in [4.69, 9.17) is 0 Å². The first-order chi connectivity index (χ1) is 8.61. The second-order valence-corrected chi connectivity index (χ2v) is 5.05. The fourth-order valence-electron chi connectivity index (χ4n) is 1.81. The quantitative estimate of drug-likeness (QED) is 0.812. The van der Waals surface area contributed by atoms with Gasteiger partial charge in [-0.05, 0) is 25.5 Å². The average Bonchev–Trinajstić information content (AvgIpc) is 2.79. The van der Waals surface area contributed by atoms with E-state index in [1.807, 2.05) is 42.8 Å². The Balaban J connectivity index is 2.19. The fourth-order valence-corrected chi connectivity index (χ4v) is 2.19. The van der Waals surface area contributed by atoms with Crippen molar-refractivity contribution in [2.24, 2.45) is 0 Å². The van der Waals surface area contributed by atoms with Crippen LogP contribution in [0.25, 0.3) is 0 Å². The number of benzene rings is 1. The number of hydrogen-bond acceptors (Lipinski definition) is 2. The van der Waals surface area contributed by atoms with E-state index in [-0.39, 0.29) is 5.78 Å². The average molecular weight is 307 g/mol. The number of ketones is 1. The first-order valence-electron chi connectivity index (χ1n) is 5.91. The summed E-state index contributed by atoms with van der Waals surface area (Å²) in [5, 5.41) is 0. The molecule has 2 aromatic rings. The molecule has 18 heavy (non-hydrogen) atoms. The standard InChI is InChI=1S/C14H15BrN2O/c1-3-17-7-6-16-14(17)9-13(18)11-5-4-10(2)12(15)8-11/h4-8H,3,9H2,1-2H3. The first kappa shape index (κ1) is 13.0. The molecule has 0 unspecified atom stereocenters. The highest BCUT2D eigenvalue weighted by Gasteiger charge is 2.11. The Morgan fingerprint density at radius 2 is 2.22 bits per heavy atom. The number of halogens is 1. The lowest BCUT2D eigenvalue weighted by Crippen LogP contribution is -2.09. The van der Waals surface area contributed by atoms with Crippen molar-refractivity contribution in [2.45, 2.75) is 26.8 Å². The molecule has 0 aliphatic heterocycles. The Morgan fingerprint density at radius 1 is 1.44 bits per heavy atom. The minimum Gasteiger partial charge on any atom is -0.335 e. The summed E-state index contributed by atoms with van der Waals surface area (Å²) in [6.45, 7) is 4.88. The minimum atomic E-state index is 0.0941. The SMILES string of the molecule is CCn1ccnc1CC(=O)c1ccc(C)c(Br)c1. The molecule has 1 aromatic carbocycles. The molecule has 0 atom stereocenters. The number of aryl methyl sites for hydroxylation is 2. The van der Waals surface area contributed by atoms with E-state index >= 15 is 0 Å². The topological polar surface area (TPSA) is 34.9 Å². The number of carbonyl (C=O) groups is 1. The summed E-state index contributed by atoms with van der Waals surface area (Å²) in [6, 6.07) is 5.68. The normalized spacial score (nSPS) is 10.6. The first-order valence-corrected chi connectivity index (χ1v) is 6.70. The van der Waals surface area contributed by atoms with Crippen LogP contribution in [-0.2, 0) is 13.0 Å². The fraction of sp³-hybridized carbons (Fsp3) is 0.286. The Bertz CT molecular complexity index is 575. The van der Waals surface area contributed by atoms with Crippen molar-refractivity contribution in [3.63, 3.8) is 0 Å². The lowest BCUT2D eigenvalue weighted by atomic mass is 10.1. The van der Waals surface area contributed by atoms with Crippen molar-refractivity contribution in [1.82, 2.24) is 9.55 Å². The van der Waals surface area contributed by atoms with Gasteiger partial charge < -0.3 is 4.57 Å². The van der Waals surface area contributed by atoms with Gasteiger partial charge in [-0.3, -0.25) is 4.79 Å². The summed E-state index contributed by atoms with van der Waals surface area (Å²) in [5.41, 5.74) is 1.85. The number of hydrogen-bond donors (Lipinski definition) is 0. The Kier molecular flexibility index (Phi) is 3.97. The second kappa shape index (κ2) is 5.48. The molecule has 0 N–H and O–H groups in total. The van der Waals surface area contributed by atoms with Crippen molar-refractivity contribution in [3.8, 4) is 0 Å². The smallest absolute Gasteiger partial charge is 0.170 e. The van der Waals surface area contributed by atoms with Gasteiger partial charge in [0.25, 0.3) is 0 Å². The number of imidazole rings is 1. The van der Waals surface area contributed by atoms with Crippen molar-refractivity contribution in [1.29, 1.82) is 0 Å². The van der Waals surface area contributed by atoms with Gasteiger partial charge in [0, 0.05) is 29.0 Å². The summed E-state index contributed by atoms with van der Waals surface area (Å²) < 4.78 is 2.95. The highest BCUT2D eigenvalue weighted by Crippen LogP contribution is 2.18. The third kappa shape index (κ3) is 2.70. The zero-order chi connectivity index (χ0) is 13.1. The largest absolute Gasteiger partial charge is 0.335 e. The zero-order valence-corrected chi connectivity index (χ0v) is 12.1. The molecule has 94 valence electrons. The van der Waals surface area contributed by atoms with Gasteiger partial charge in [-0.1, -0.05) is 28.1 Å². The van der Waals surface area contributed by atoms with Crippen molar-refractivity contribution < 1.29 is 4.79 Å². The maximum absolute atomic E-state index is 12.2. The molecule has 0 saturated carbocycles. The van der Waals surface area contributed by atoms with Crippen LogP contribution in [0.5, 0.6) is 0 Å². The van der Waals surface area contributed by atoms with Gasteiger partial charge in [-0.2, -0.15) is 0 Å². The molecule has 0 fully saturated rings. The zero-order valence-electron chi connectivity index (χ0n) is 10.5. The van der Waals surface area contributed by atoms with E-state index in [9.17, 15) is 4.79 Å². The van der Waals surface area contributed by atoms with Gasteiger partial charge in [0.15, 0.2) is 5.78 Å². The molecular weight excluding hydrogens is 292 g/mol.